The molecule has 0 saturated carbocycles. The van der Waals surface area contributed by atoms with Gasteiger partial charge in [-0.3, -0.25) is 0 Å². The molecule has 0 radical (unpaired) electrons. The van der Waals surface area contributed by atoms with Gasteiger partial charge in [0.15, 0.2) is 0 Å². The molecule has 2 rings (SSSR count). The summed E-state index contributed by atoms with van der Waals surface area (Å²) in [5.74, 6) is 0. The van der Waals surface area contributed by atoms with Crippen LogP contribution in [0.3, 0.4) is 0 Å². The molecular weight excluding hydrogens is 1530 g/mol. The topological polar surface area (TPSA) is 3.24 Å². The Hall–Kier alpha value is 7.31. The zero-order valence-electron chi connectivity index (χ0n) is 14.4. The maximum atomic E-state index is 2.47. The summed E-state index contributed by atoms with van der Waals surface area (Å²) in [6.07, 6.45) is 0. The Bertz CT molecular complexity index is 723. The minimum atomic E-state index is 0.460. The number of hydrogen-bond donors (Lipinski definition) is 0. The fourth-order valence-electron chi connectivity index (χ4n) is 3.69. The van der Waals surface area contributed by atoms with E-state index in [1.807, 2.05) is 14.4 Å². The zero-order valence-corrected chi connectivity index (χ0v) is 63.8. The Morgan fingerprint density at radius 1 is 0.600 bits per heavy atom. The van der Waals surface area contributed by atoms with Crippen LogP contribution < -0.4 is 8.53 Å². The van der Waals surface area contributed by atoms with Gasteiger partial charge < -0.3 is 0 Å². The molecule has 0 N–H and O–H groups in total. The molecule has 0 unspecified atom stereocenters. The summed E-state index contributed by atoms with van der Waals surface area (Å²) in [6, 6.07) is 0. The van der Waals surface area contributed by atoms with Crippen LogP contribution in [0.1, 0.15) is 5.56 Å². The van der Waals surface area contributed by atoms with Crippen molar-refractivity contribution in [3.8, 4) is 0 Å². The number of rotatable bonds is 1. The fraction of sp³-hybridized carbons (Fsp3) is 0.231. The van der Waals surface area contributed by atoms with Crippen molar-refractivity contribution in [2.24, 2.45) is 0 Å². The molecule has 20 heavy (non-hydrogen) atoms. The standard InChI is InChI=1S/C13H9N.6Ra.6H/c1-10-4-5-12-9-13(14(2)3)7-6-11(12)8-10;;;;;;;;;;;;/h1-3H3;;;;;;;;;;;;. The molecule has 84 valence electrons. The van der Waals surface area contributed by atoms with Crippen molar-refractivity contribution in [1.82, 2.24) is 0 Å². The van der Waals surface area contributed by atoms with Crippen molar-refractivity contribution >= 4 is 20.1 Å². The van der Waals surface area contributed by atoms with Crippen LogP contribution in [-0.4, -0.2) is 14.1 Å². The van der Waals surface area contributed by atoms with Gasteiger partial charge in [-0.15, -0.1) is 0 Å². The Kier molecular flexibility index (Phi) is 12.2. The summed E-state index contributed by atoms with van der Waals surface area (Å²) in [7, 11) is 4.58. The van der Waals surface area contributed by atoms with Crippen LogP contribution in [0.15, 0.2) is 0 Å². The van der Waals surface area contributed by atoms with E-state index in [9.17, 15) is 0 Å². The van der Waals surface area contributed by atoms with Crippen molar-refractivity contribution in [1.29, 1.82) is 0 Å². The normalized spacial score (nSPS) is 10.7. The van der Waals surface area contributed by atoms with E-state index in [0.717, 1.165) is 0 Å². The molecule has 7 heteroatoms. The van der Waals surface area contributed by atoms with Crippen LogP contribution in [0.4, 0.5) is 5.69 Å². The number of anilines is 1. The Balaban J connectivity index is 3.17. The molecule has 0 spiro atoms. The molecule has 2 aromatic carbocycles. The van der Waals surface area contributed by atoms with E-state index in [0.29, 0.717) is 257 Å². The maximum absolute atomic E-state index is 2.47. The molecule has 1 nitrogen and oxygen atoms in total. The SMILES string of the molecule is Cc1[c]([RaH])[c]([RaH])c2[c]([RaH])c(N(C)C)[c]([RaH])[c]([RaH])c2[c]1[RaH]. The van der Waals surface area contributed by atoms with Crippen LogP contribution in [0.25, 0.3) is 10.8 Å². The monoisotopic (exact) mass is 1540 g/mol. The quantitative estimate of drug-likeness (QED) is 0.290. The van der Waals surface area contributed by atoms with E-state index in [2.05, 4.69) is 25.9 Å². The van der Waals surface area contributed by atoms with E-state index < -0.39 is 0 Å². The van der Waals surface area contributed by atoms with Gasteiger partial charge in [0, 0.05) is 0 Å². The first kappa shape index (κ1) is 23.6. The van der Waals surface area contributed by atoms with Gasteiger partial charge in [0.25, 0.3) is 0 Å². The molecule has 0 heterocycles. The predicted octanol–water partition coefficient (Wildman–Crippen LogP) is -3.34. The molecule has 2 aromatic rings. The van der Waals surface area contributed by atoms with Gasteiger partial charge in [0.1, 0.15) is 0 Å². The van der Waals surface area contributed by atoms with Gasteiger partial charge in [-0.05, 0) is 0 Å². The summed E-state index contributed by atoms with van der Waals surface area (Å²) < 4.78 is 11.4. The average molecular weight is 1540 g/mol. The van der Waals surface area contributed by atoms with Crippen LogP contribution in [-0.2, 0) is 0 Å². The molecule has 0 fully saturated rings. The Morgan fingerprint density at radius 2 is 1.05 bits per heavy atom. The van der Waals surface area contributed by atoms with Gasteiger partial charge >= 0.3 is 308 Å². The second-order valence-electron chi connectivity index (χ2n) is 6.37. The number of nitrogens with zero attached hydrogens (tertiary/aromatic N) is 1. The predicted molar refractivity (Wildman–Crippen MR) is 69.2 cm³/mol. The Labute approximate surface area is 297 Å². The fourth-order valence-corrected chi connectivity index (χ4v) is 62.2. The number of benzene rings is 2. The van der Waals surface area contributed by atoms with Crippen molar-refractivity contribution in [2.45, 2.75) is 6.92 Å². The second kappa shape index (κ2) is 10.4. The van der Waals surface area contributed by atoms with Crippen molar-refractivity contribution in [3.63, 3.8) is 0 Å². The third-order valence-electron chi connectivity index (χ3n) is 5.16. The third-order valence-corrected chi connectivity index (χ3v) is 69.5. The van der Waals surface area contributed by atoms with Crippen molar-refractivity contribution in [2.75, 3.05) is 19.0 Å². The molecule has 0 aliphatic heterocycles. The Morgan fingerprint density at radius 3 is 1.55 bits per heavy atom. The van der Waals surface area contributed by atoms with E-state index in [1.54, 1.807) is 11.3 Å². The summed E-state index contributed by atoms with van der Waals surface area (Å²) in [4.78, 5) is 2.47. The summed E-state index contributed by atoms with van der Waals surface area (Å²) in [5, 5.41) is 3.75. The molecule has 0 aliphatic carbocycles. The third kappa shape index (κ3) is 4.89. The van der Waals surface area contributed by atoms with Crippen LogP contribution in [0, 0.1) is 264 Å². The van der Waals surface area contributed by atoms with Gasteiger partial charge in [-0.1, -0.05) is 0 Å². The van der Waals surface area contributed by atoms with E-state index in [-0.39, 0.29) is 0 Å². The molecular formula is C13H15NRa6. The zero-order chi connectivity index (χ0) is 15.4. The van der Waals surface area contributed by atoms with E-state index >= 15 is 0 Å². The summed E-state index contributed by atoms with van der Waals surface area (Å²) in [5.41, 5.74) is 3.51. The van der Waals surface area contributed by atoms with E-state index in [4.69, 9.17) is 0 Å². The van der Waals surface area contributed by atoms with Crippen LogP contribution in [0.5, 0.6) is 0 Å². The summed E-state index contributed by atoms with van der Waals surface area (Å²) >= 11 is 3.00. The van der Waals surface area contributed by atoms with Gasteiger partial charge in [-0.25, -0.2) is 0 Å². The van der Waals surface area contributed by atoms with Crippen molar-refractivity contribution in [3.05, 3.63) is 5.56 Å². The van der Waals surface area contributed by atoms with Gasteiger partial charge in [0.05, 0.1) is 0 Å². The minimum absolute atomic E-state index is 0.460. The van der Waals surface area contributed by atoms with Crippen LogP contribution in [0.2, 0.25) is 0 Å². The number of fused-ring (bicyclic) bond motifs is 1. The molecule has 0 atom stereocenters. The first-order valence-electron chi connectivity index (χ1n) is 7.37. The first-order valence-corrected chi connectivity index (χ1v) is 32.0. The molecule has 0 saturated heterocycles. The molecule has 0 bridgehead atoms. The van der Waals surface area contributed by atoms with Gasteiger partial charge in [0.2, 0.25) is 0 Å². The molecule has 0 aliphatic rings. The average Bonchev–Trinajstić information content (AvgIpc) is 2.37. The van der Waals surface area contributed by atoms with Crippen LogP contribution >= 0.6 is 0 Å². The van der Waals surface area contributed by atoms with Gasteiger partial charge in [-0.2, -0.15) is 0 Å². The first-order chi connectivity index (χ1) is 9.20. The number of hydrogen-bond acceptors (Lipinski definition) is 1. The van der Waals surface area contributed by atoms with E-state index in [1.165, 1.54) is 0 Å². The molecule has 0 amide bonds. The van der Waals surface area contributed by atoms with Crippen molar-refractivity contribution < 1.29 is 257 Å². The second-order valence-corrected chi connectivity index (χ2v) is 31.0. The summed E-state index contributed by atoms with van der Waals surface area (Å²) in [6.45, 7) is 2.47. The molecule has 0 aromatic heterocycles.